The van der Waals surface area contributed by atoms with E-state index in [2.05, 4.69) is 34.9 Å². The normalized spacial score (nSPS) is 25.1. The lowest BCUT2D eigenvalue weighted by Gasteiger charge is -2.29. The highest BCUT2D eigenvalue weighted by Crippen LogP contribution is 2.44. The predicted octanol–water partition coefficient (Wildman–Crippen LogP) is 3.92. The average Bonchev–Trinajstić information content (AvgIpc) is 3.57. The van der Waals surface area contributed by atoms with Gasteiger partial charge in [-0.3, -0.25) is 9.59 Å². The molecule has 2 saturated carbocycles. The minimum atomic E-state index is -0.839. The predicted molar refractivity (Wildman–Crippen MR) is 126 cm³/mol. The monoisotopic (exact) mass is 462 g/mol. The molecule has 0 spiro atoms. The zero-order valence-corrected chi connectivity index (χ0v) is 19.0. The Kier molecular flexibility index (Phi) is 6.26. The van der Waals surface area contributed by atoms with Gasteiger partial charge in [-0.1, -0.05) is 61.4 Å². The maximum Gasteiger partial charge on any atom is 0.407 e. The highest BCUT2D eigenvalue weighted by atomic mass is 16.5. The summed E-state index contributed by atoms with van der Waals surface area (Å²) in [6, 6.07) is 16.1. The SMILES string of the molecule is O=C(NC[C@@H]1C[C@@H]1C(=O)N[C@@H]1CCCC[C@@H]1C(=O)O)OCC1c2ccccc2-c2ccccc21. The third kappa shape index (κ3) is 4.52. The number of benzene rings is 2. The second-order valence-corrected chi connectivity index (χ2v) is 9.65. The number of rotatable bonds is 7. The van der Waals surface area contributed by atoms with Gasteiger partial charge in [0.25, 0.3) is 0 Å². The molecule has 0 aromatic heterocycles. The van der Waals surface area contributed by atoms with E-state index in [4.69, 9.17) is 4.74 Å². The average molecular weight is 463 g/mol. The van der Waals surface area contributed by atoms with Crippen molar-refractivity contribution >= 4 is 18.0 Å². The topological polar surface area (TPSA) is 105 Å². The molecule has 0 bridgehead atoms. The van der Waals surface area contributed by atoms with Gasteiger partial charge in [0.15, 0.2) is 0 Å². The first-order chi connectivity index (χ1) is 16.5. The van der Waals surface area contributed by atoms with E-state index in [0.29, 0.717) is 25.8 Å². The Morgan fingerprint density at radius 3 is 2.24 bits per heavy atom. The summed E-state index contributed by atoms with van der Waals surface area (Å²) >= 11 is 0. The molecule has 2 aromatic carbocycles. The number of fused-ring (bicyclic) bond motifs is 3. The van der Waals surface area contributed by atoms with Crippen molar-refractivity contribution in [3.05, 3.63) is 59.7 Å². The number of alkyl carbamates (subject to hydrolysis) is 1. The largest absolute Gasteiger partial charge is 0.481 e. The highest BCUT2D eigenvalue weighted by molar-refractivity contribution is 5.83. The quantitative estimate of drug-likeness (QED) is 0.579. The Labute approximate surface area is 198 Å². The maximum absolute atomic E-state index is 12.6. The molecule has 0 radical (unpaired) electrons. The second-order valence-electron chi connectivity index (χ2n) is 9.65. The zero-order chi connectivity index (χ0) is 23.7. The Morgan fingerprint density at radius 1 is 0.912 bits per heavy atom. The minimum absolute atomic E-state index is 0.00951. The van der Waals surface area contributed by atoms with Gasteiger partial charge in [0.05, 0.1) is 5.92 Å². The Bertz CT molecular complexity index is 1050. The Morgan fingerprint density at radius 2 is 1.56 bits per heavy atom. The summed E-state index contributed by atoms with van der Waals surface area (Å²) in [7, 11) is 0. The van der Waals surface area contributed by atoms with Crippen LogP contribution in [0.15, 0.2) is 48.5 Å². The maximum atomic E-state index is 12.6. The van der Waals surface area contributed by atoms with Gasteiger partial charge >= 0.3 is 12.1 Å². The Hall–Kier alpha value is -3.35. The number of aliphatic carboxylic acids is 1. The van der Waals surface area contributed by atoms with Gasteiger partial charge in [-0.15, -0.1) is 0 Å². The van der Waals surface area contributed by atoms with E-state index in [0.717, 1.165) is 24.0 Å². The molecular weight excluding hydrogens is 432 g/mol. The van der Waals surface area contributed by atoms with E-state index >= 15 is 0 Å². The van der Waals surface area contributed by atoms with Crippen LogP contribution in [0.2, 0.25) is 0 Å². The summed E-state index contributed by atoms with van der Waals surface area (Å²) < 4.78 is 5.56. The summed E-state index contributed by atoms with van der Waals surface area (Å²) in [6.07, 6.45) is 3.35. The number of ether oxygens (including phenoxy) is 1. The molecule has 2 aromatic rings. The smallest absolute Gasteiger partial charge is 0.407 e. The highest BCUT2D eigenvalue weighted by Gasteiger charge is 2.44. The number of hydrogen-bond donors (Lipinski definition) is 3. The first kappa shape index (κ1) is 22.4. The summed E-state index contributed by atoms with van der Waals surface area (Å²) in [6.45, 7) is 0.633. The van der Waals surface area contributed by atoms with Gasteiger partial charge in [0.2, 0.25) is 5.91 Å². The molecule has 0 saturated heterocycles. The molecular formula is C27H30N2O5. The van der Waals surface area contributed by atoms with E-state index in [1.165, 1.54) is 11.1 Å². The van der Waals surface area contributed by atoms with Crippen LogP contribution in [0.25, 0.3) is 11.1 Å². The molecule has 0 aliphatic heterocycles. The van der Waals surface area contributed by atoms with Crippen molar-refractivity contribution in [3.63, 3.8) is 0 Å². The van der Waals surface area contributed by atoms with Crippen LogP contribution in [0.5, 0.6) is 0 Å². The van der Waals surface area contributed by atoms with Gasteiger partial charge in [-0.05, 0) is 47.4 Å². The second kappa shape index (κ2) is 9.49. The number of amides is 2. The third-order valence-corrected chi connectivity index (χ3v) is 7.52. The fraction of sp³-hybridized carbons (Fsp3) is 0.444. The van der Waals surface area contributed by atoms with Crippen molar-refractivity contribution in [2.45, 2.75) is 44.1 Å². The van der Waals surface area contributed by atoms with Gasteiger partial charge in [0.1, 0.15) is 6.61 Å². The number of carboxylic acid groups (broad SMARTS) is 1. The van der Waals surface area contributed by atoms with Crippen LogP contribution in [0.3, 0.4) is 0 Å². The lowest BCUT2D eigenvalue weighted by Crippen LogP contribution is -2.46. The lowest BCUT2D eigenvalue weighted by atomic mass is 9.84. The van der Waals surface area contributed by atoms with Crippen LogP contribution in [-0.4, -0.2) is 42.3 Å². The first-order valence-corrected chi connectivity index (χ1v) is 12.1. The molecule has 5 rings (SSSR count). The number of carbonyl (C=O) groups excluding carboxylic acids is 2. The molecule has 0 heterocycles. The van der Waals surface area contributed by atoms with Crippen LogP contribution in [0.1, 0.15) is 49.1 Å². The van der Waals surface area contributed by atoms with E-state index in [1.54, 1.807) is 0 Å². The Balaban J connectivity index is 1.09. The van der Waals surface area contributed by atoms with Gasteiger partial charge in [0, 0.05) is 24.4 Å². The van der Waals surface area contributed by atoms with Crippen LogP contribution in [0, 0.1) is 17.8 Å². The van der Waals surface area contributed by atoms with Crippen LogP contribution >= 0.6 is 0 Å². The van der Waals surface area contributed by atoms with Gasteiger partial charge < -0.3 is 20.5 Å². The van der Waals surface area contributed by atoms with Crippen molar-refractivity contribution in [2.24, 2.45) is 17.8 Å². The molecule has 2 fully saturated rings. The third-order valence-electron chi connectivity index (χ3n) is 7.52. The molecule has 0 unspecified atom stereocenters. The summed E-state index contributed by atoms with van der Waals surface area (Å²) in [4.78, 5) is 36.4. The van der Waals surface area contributed by atoms with Crippen molar-refractivity contribution < 1.29 is 24.2 Å². The van der Waals surface area contributed by atoms with Crippen molar-refractivity contribution in [2.75, 3.05) is 13.2 Å². The number of carboxylic acids is 1. The van der Waals surface area contributed by atoms with Crippen molar-refractivity contribution in [1.29, 1.82) is 0 Å². The lowest BCUT2D eigenvalue weighted by molar-refractivity contribution is -0.144. The fourth-order valence-electron chi connectivity index (χ4n) is 5.55. The molecule has 3 aliphatic carbocycles. The molecule has 4 atom stereocenters. The van der Waals surface area contributed by atoms with E-state index in [1.807, 2.05) is 24.3 Å². The van der Waals surface area contributed by atoms with Crippen LogP contribution in [0.4, 0.5) is 4.79 Å². The zero-order valence-electron chi connectivity index (χ0n) is 19.0. The molecule has 3 aliphatic rings. The summed E-state index contributed by atoms with van der Waals surface area (Å²) in [5.74, 6) is -1.55. The molecule has 7 nitrogen and oxygen atoms in total. The molecule has 7 heteroatoms. The van der Waals surface area contributed by atoms with Gasteiger partial charge in [-0.2, -0.15) is 0 Å². The first-order valence-electron chi connectivity index (χ1n) is 12.1. The summed E-state index contributed by atoms with van der Waals surface area (Å²) in [5, 5.41) is 15.1. The number of carbonyl (C=O) groups is 3. The number of nitrogens with one attached hydrogen (secondary N) is 2. The van der Waals surface area contributed by atoms with E-state index in [-0.39, 0.29) is 36.3 Å². The van der Waals surface area contributed by atoms with Crippen LogP contribution in [-0.2, 0) is 14.3 Å². The molecule has 178 valence electrons. The molecule has 3 N–H and O–H groups in total. The standard InChI is InChI=1S/C27H30N2O5/c30-25(29-24-12-6-5-11-21(24)26(31)32)22-13-16(22)14-28-27(33)34-15-23-19-9-3-1-7-17(19)18-8-2-4-10-20(18)23/h1-4,7-10,16,21-24H,5-6,11-15H2,(H,28,33)(H,29,30)(H,31,32)/t16-,21-,22-,24+/m0/s1. The van der Waals surface area contributed by atoms with Crippen LogP contribution < -0.4 is 10.6 Å². The molecule has 2 amide bonds. The van der Waals surface area contributed by atoms with Gasteiger partial charge in [-0.25, -0.2) is 4.79 Å². The summed E-state index contributed by atoms with van der Waals surface area (Å²) in [5.41, 5.74) is 4.69. The molecule has 34 heavy (non-hydrogen) atoms. The van der Waals surface area contributed by atoms with E-state index < -0.39 is 18.0 Å². The van der Waals surface area contributed by atoms with Crippen molar-refractivity contribution in [1.82, 2.24) is 10.6 Å². The fourth-order valence-corrected chi connectivity index (χ4v) is 5.55. The minimum Gasteiger partial charge on any atom is -0.481 e. The number of hydrogen-bond acceptors (Lipinski definition) is 4. The van der Waals surface area contributed by atoms with Crippen molar-refractivity contribution in [3.8, 4) is 11.1 Å². The van der Waals surface area contributed by atoms with E-state index in [9.17, 15) is 19.5 Å².